The lowest BCUT2D eigenvalue weighted by molar-refractivity contribution is -0.164. The molecule has 4 atom stereocenters. The van der Waals surface area contributed by atoms with Crippen LogP contribution < -0.4 is 0 Å². The van der Waals surface area contributed by atoms with E-state index >= 15 is 0 Å². The summed E-state index contributed by atoms with van der Waals surface area (Å²) in [7, 11) is 0. The van der Waals surface area contributed by atoms with Gasteiger partial charge in [0.1, 0.15) is 25.4 Å². The minimum absolute atomic E-state index is 0.255. The molecular weight excluding hydrogens is 604 g/mol. The van der Waals surface area contributed by atoms with E-state index in [-0.39, 0.29) is 11.1 Å². The van der Waals surface area contributed by atoms with Gasteiger partial charge in [-0.1, -0.05) is 72.8 Å². The third-order valence-electron chi connectivity index (χ3n) is 7.21. The number of hydrogen-bond acceptors (Lipinski definition) is 10. The molecule has 1 fully saturated rings. The molecule has 0 radical (unpaired) electrons. The highest BCUT2D eigenvalue weighted by atomic mass is 16.8. The summed E-state index contributed by atoms with van der Waals surface area (Å²) < 4.78 is 35.5. The van der Waals surface area contributed by atoms with Crippen molar-refractivity contribution in [3.63, 3.8) is 0 Å². The Morgan fingerprint density at radius 1 is 0.511 bits per heavy atom. The molecule has 47 heavy (non-hydrogen) atoms. The van der Waals surface area contributed by atoms with Crippen molar-refractivity contribution in [3.05, 3.63) is 144 Å². The normalized spacial score (nSPS) is 17.9. The lowest BCUT2D eigenvalue weighted by Crippen LogP contribution is -2.49. The summed E-state index contributed by atoms with van der Waals surface area (Å²) in [6, 6.07) is 33.2. The van der Waals surface area contributed by atoms with E-state index in [1.165, 1.54) is 0 Å². The summed E-state index contributed by atoms with van der Waals surface area (Å²) >= 11 is 0. The quantitative estimate of drug-likeness (QED) is 0.142. The molecule has 5 rings (SSSR count). The van der Waals surface area contributed by atoms with Crippen LogP contribution in [0.4, 0.5) is 0 Å². The van der Waals surface area contributed by atoms with Crippen LogP contribution in [0.1, 0.15) is 55.3 Å². The Morgan fingerprint density at radius 3 is 1.09 bits per heavy atom. The van der Waals surface area contributed by atoms with Gasteiger partial charge < -0.3 is 28.4 Å². The summed E-state index contributed by atoms with van der Waals surface area (Å²) in [4.78, 5) is 52.4. The van der Waals surface area contributed by atoms with E-state index in [0.717, 1.165) is 0 Å². The van der Waals surface area contributed by atoms with Gasteiger partial charge in [-0.2, -0.15) is 0 Å². The number of carbonyl (C=O) groups is 4. The van der Waals surface area contributed by atoms with Crippen molar-refractivity contribution < 1.29 is 47.6 Å². The lowest BCUT2D eigenvalue weighted by atomic mass is 10.0. The fraction of sp³-hybridized carbons (Fsp3) is 0.243. The van der Waals surface area contributed by atoms with Gasteiger partial charge in [0.2, 0.25) is 0 Å². The highest BCUT2D eigenvalue weighted by Crippen LogP contribution is 2.35. The Balaban J connectivity index is 1.44. The second-order valence-electron chi connectivity index (χ2n) is 11.1. The molecule has 10 nitrogen and oxygen atoms in total. The summed E-state index contributed by atoms with van der Waals surface area (Å²) in [5.74, 6) is -3.97. The Bertz CT molecular complexity index is 1520. The monoisotopic (exact) mass is 638 g/mol. The Hall–Kier alpha value is -5.32. The number of esters is 4. The molecule has 1 aliphatic heterocycles. The van der Waals surface area contributed by atoms with E-state index in [1.54, 1.807) is 135 Å². The molecule has 1 heterocycles. The van der Waals surface area contributed by atoms with Crippen LogP contribution in [0, 0.1) is 0 Å². The first kappa shape index (κ1) is 33.1. The molecule has 0 amide bonds. The number of carbonyl (C=O) groups excluding carboxylic acids is 4. The first-order valence-electron chi connectivity index (χ1n) is 15.0. The Kier molecular flexibility index (Phi) is 10.8. The van der Waals surface area contributed by atoms with Gasteiger partial charge in [0, 0.05) is 0 Å². The molecule has 10 heteroatoms. The van der Waals surface area contributed by atoms with Gasteiger partial charge in [-0.25, -0.2) is 19.2 Å². The van der Waals surface area contributed by atoms with Crippen LogP contribution in [-0.2, 0) is 28.4 Å². The maximum absolute atomic E-state index is 13.3. The highest BCUT2D eigenvalue weighted by molar-refractivity contribution is 5.91. The standard InChI is InChI=1S/C37H34O10/c1-37(2)46-31(29(44-35(40)27-19-11-5-12-20-27)23-42-33(38)25-15-7-3-8-16-25)32(47-37)30(45-36(41)28-21-13-6-14-22-28)24-43-34(39)26-17-9-4-10-18-26/h3-22,29-32H,23-24H2,1-2H3/t29-,30-,31+,32+/m1/s1. The minimum Gasteiger partial charge on any atom is -0.458 e. The molecule has 1 aliphatic rings. The van der Waals surface area contributed by atoms with Crippen LogP contribution in [0.2, 0.25) is 0 Å². The van der Waals surface area contributed by atoms with Crippen LogP contribution >= 0.6 is 0 Å². The summed E-state index contributed by atoms with van der Waals surface area (Å²) in [5.41, 5.74) is 1.10. The Morgan fingerprint density at radius 2 is 0.787 bits per heavy atom. The van der Waals surface area contributed by atoms with Crippen LogP contribution in [0.3, 0.4) is 0 Å². The third kappa shape index (κ3) is 8.90. The van der Waals surface area contributed by atoms with Crippen molar-refractivity contribution in [1.29, 1.82) is 0 Å². The molecule has 0 spiro atoms. The lowest BCUT2D eigenvalue weighted by Gasteiger charge is -2.30. The fourth-order valence-corrected chi connectivity index (χ4v) is 4.97. The van der Waals surface area contributed by atoms with Crippen molar-refractivity contribution in [2.24, 2.45) is 0 Å². The zero-order valence-corrected chi connectivity index (χ0v) is 25.9. The van der Waals surface area contributed by atoms with Crippen LogP contribution in [0.5, 0.6) is 0 Å². The zero-order chi connectivity index (χ0) is 33.2. The summed E-state index contributed by atoms with van der Waals surface area (Å²) in [6.45, 7) is 2.43. The average Bonchev–Trinajstić information content (AvgIpc) is 3.44. The molecular formula is C37H34O10. The minimum atomic E-state index is -1.27. The predicted molar refractivity (Wildman–Crippen MR) is 169 cm³/mol. The molecule has 0 bridgehead atoms. The first-order chi connectivity index (χ1) is 22.7. The van der Waals surface area contributed by atoms with Crippen molar-refractivity contribution >= 4 is 23.9 Å². The van der Waals surface area contributed by atoms with E-state index in [1.807, 2.05) is 0 Å². The van der Waals surface area contributed by atoms with Crippen LogP contribution in [0.15, 0.2) is 121 Å². The van der Waals surface area contributed by atoms with Crippen LogP contribution in [0.25, 0.3) is 0 Å². The van der Waals surface area contributed by atoms with E-state index in [4.69, 9.17) is 28.4 Å². The summed E-state index contributed by atoms with van der Waals surface area (Å²) in [5, 5.41) is 0. The predicted octanol–water partition coefficient (Wildman–Crippen LogP) is 5.67. The highest BCUT2D eigenvalue weighted by Gasteiger charge is 2.52. The molecule has 242 valence electrons. The second-order valence-corrected chi connectivity index (χ2v) is 11.1. The van der Waals surface area contributed by atoms with Gasteiger partial charge in [-0.05, 0) is 62.4 Å². The third-order valence-corrected chi connectivity index (χ3v) is 7.21. The summed E-state index contributed by atoms with van der Waals surface area (Å²) in [6.07, 6.45) is -4.73. The molecule has 4 aromatic carbocycles. The second kappa shape index (κ2) is 15.3. The number of hydrogen-bond donors (Lipinski definition) is 0. The van der Waals surface area contributed by atoms with Gasteiger partial charge in [0.15, 0.2) is 18.0 Å². The SMILES string of the molecule is CC1(C)O[C@@H]([C@@H](COC(=O)c2ccccc2)OC(=O)c2ccccc2)[C@H]([C@@H](COC(=O)c2ccccc2)OC(=O)c2ccccc2)O1. The number of benzene rings is 4. The van der Waals surface area contributed by atoms with E-state index in [0.29, 0.717) is 11.1 Å². The van der Waals surface area contributed by atoms with Gasteiger partial charge in [-0.3, -0.25) is 0 Å². The molecule has 4 aromatic rings. The Labute approximate surface area is 272 Å². The maximum atomic E-state index is 13.3. The first-order valence-corrected chi connectivity index (χ1v) is 15.0. The van der Waals surface area contributed by atoms with Gasteiger partial charge >= 0.3 is 23.9 Å². The largest absolute Gasteiger partial charge is 0.458 e. The molecule has 0 aromatic heterocycles. The van der Waals surface area contributed by atoms with Crippen LogP contribution in [-0.4, -0.2) is 67.3 Å². The van der Waals surface area contributed by atoms with E-state index < -0.39 is 67.3 Å². The average molecular weight is 639 g/mol. The maximum Gasteiger partial charge on any atom is 0.338 e. The topological polar surface area (TPSA) is 124 Å². The van der Waals surface area contributed by atoms with Gasteiger partial charge in [-0.15, -0.1) is 0 Å². The zero-order valence-electron chi connectivity index (χ0n) is 25.9. The number of ether oxygens (including phenoxy) is 6. The van der Waals surface area contributed by atoms with E-state index in [2.05, 4.69) is 0 Å². The van der Waals surface area contributed by atoms with Crippen molar-refractivity contribution in [3.8, 4) is 0 Å². The molecule has 0 saturated carbocycles. The molecule has 0 aliphatic carbocycles. The smallest absolute Gasteiger partial charge is 0.338 e. The van der Waals surface area contributed by atoms with Crippen molar-refractivity contribution in [2.45, 2.75) is 44.1 Å². The van der Waals surface area contributed by atoms with Gasteiger partial charge in [0.25, 0.3) is 0 Å². The molecule has 1 saturated heterocycles. The van der Waals surface area contributed by atoms with Gasteiger partial charge in [0.05, 0.1) is 22.3 Å². The van der Waals surface area contributed by atoms with E-state index in [9.17, 15) is 19.2 Å². The van der Waals surface area contributed by atoms with Crippen molar-refractivity contribution in [1.82, 2.24) is 0 Å². The molecule has 0 N–H and O–H groups in total. The fourth-order valence-electron chi connectivity index (χ4n) is 4.97. The number of rotatable bonds is 12. The molecule has 0 unspecified atom stereocenters. The van der Waals surface area contributed by atoms with Crippen molar-refractivity contribution in [2.75, 3.05) is 13.2 Å².